The van der Waals surface area contributed by atoms with Crippen LogP contribution >= 0.6 is 0 Å². The van der Waals surface area contributed by atoms with E-state index < -0.39 is 10.0 Å². The summed E-state index contributed by atoms with van der Waals surface area (Å²) in [5, 5.41) is 0. The van der Waals surface area contributed by atoms with Crippen LogP contribution in [-0.2, 0) is 10.0 Å². The first-order valence-corrected chi connectivity index (χ1v) is 8.96. The average molecular weight is 308 g/mol. The van der Waals surface area contributed by atoms with E-state index in [4.69, 9.17) is 0 Å². The lowest BCUT2D eigenvalue weighted by molar-refractivity contribution is 0.0724. The van der Waals surface area contributed by atoms with Crippen LogP contribution in [0.5, 0.6) is 0 Å². The summed E-state index contributed by atoms with van der Waals surface area (Å²) < 4.78 is 26.8. The van der Waals surface area contributed by atoms with Crippen molar-refractivity contribution >= 4 is 15.9 Å². The number of carbonyl (C=O) groups excluding carboxylic acids is 1. The van der Waals surface area contributed by atoms with Gasteiger partial charge in [-0.05, 0) is 56.4 Å². The minimum Gasteiger partial charge on any atom is -0.339 e. The largest absolute Gasteiger partial charge is 0.339 e. The van der Waals surface area contributed by atoms with Gasteiger partial charge in [-0.15, -0.1) is 0 Å². The van der Waals surface area contributed by atoms with Gasteiger partial charge in [-0.3, -0.25) is 4.79 Å². The Bertz CT molecular complexity index is 615. The first-order chi connectivity index (χ1) is 10.1. The first kappa shape index (κ1) is 14.5. The van der Waals surface area contributed by atoms with Gasteiger partial charge in [-0.2, -0.15) is 0 Å². The van der Waals surface area contributed by atoms with Crippen LogP contribution in [0.15, 0.2) is 29.2 Å². The van der Waals surface area contributed by atoms with E-state index >= 15 is 0 Å². The SMILES string of the molecule is O=C(c1ccc(S(=O)(=O)NC2CC2)cc1)N1CCCCC1. The molecular formula is C15H20N2O3S. The van der Waals surface area contributed by atoms with Gasteiger partial charge in [-0.1, -0.05) is 0 Å². The fourth-order valence-electron chi connectivity index (χ4n) is 2.54. The fraction of sp³-hybridized carbons (Fsp3) is 0.533. The van der Waals surface area contributed by atoms with Crippen molar-refractivity contribution in [2.45, 2.75) is 43.0 Å². The summed E-state index contributed by atoms with van der Waals surface area (Å²) in [5.41, 5.74) is 0.558. The summed E-state index contributed by atoms with van der Waals surface area (Å²) in [4.78, 5) is 14.4. The van der Waals surface area contributed by atoms with Gasteiger partial charge < -0.3 is 4.90 Å². The minimum absolute atomic E-state index is 0.00574. The van der Waals surface area contributed by atoms with Crippen molar-refractivity contribution in [2.24, 2.45) is 0 Å². The van der Waals surface area contributed by atoms with Crippen molar-refractivity contribution in [3.8, 4) is 0 Å². The third-order valence-electron chi connectivity index (χ3n) is 3.95. The van der Waals surface area contributed by atoms with E-state index in [0.717, 1.165) is 38.8 Å². The lowest BCUT2D eigenvalue weighted by Crippen LogP contribution is -2.35. The molecule has 6 heteroatoms. The average Bonchev–Trinajstić information content (AvgIpc) is 3.31. The summed E-state index contributed by atoms with van der Waals surface area (Å²) in [7, 11) is -3.44. The van der Waals surface area contributed by atoms with E-state index in [1.54, 1.807) is 12.1 Å². The number of piperidine rings is 1. The van der Waals surface area contributed by atoms with Crippen LogP contribution in [0.3, 0.4) is 0 Å². The number of carbonyl (C=O) groups is 1. The van der Waals surface area contributed by atoms with Crippen molar-refractivity contribution in [1.29, 1.82) is 0 Å². The predicted octanol–water partition coefficient (Wildman–Crippen LogP) is 1.75. The molecule has 114 valence electrons. The van der Waals surface area contributed by atoms with Crippen LogP contribution < -0.4 is 4.72 Å². The number of likely N-dealkylation sites (tertiary alicyclic amines) is 1. The van der Waals surface area contributed by atoms with Gasteiger partial charge in [0.05, 0.1) is 4.90 Å². The Hall–Kier alpha value is -1.40. The molecule has 0 spiro atoms. The zero-order valence-corrected chi connectivity index (χ0v) is 12.7. The standard InChI is InChI=1S/C15H20N2O3S/c18-15(17-10-2-1-3-11-17)12-4-8-14(9-5-12)21(19,20)16-13-6-7-13/h4-5,8-9,13,16H,1-3,6-7,10-11H2. The number of hydrogen-bond acceptors (Lipinski definition) is 3. The molecule has 1 N–H and O–H groups in total. The summed E-state index contributed by atoms with van der Waals surface area (Å²) in [6.07, 6.45) is 5.08. The van der Waals surface area contributed by atoms with Crippen LogP contribution in [0.1, 0.15) is 42.5 Å². The van der Waals surface area contributed by atoms with E-state index in [0.29, 0.717) is 5.56 Å². The van der Waals surface area contributed by atoms with Gasteiger partial charge in [0.25, 0.3) is 5.91 Å². The molecule has 0 bridgehead atoms. The number of nitrogens with zero attached hydrogens (tertiary/aromatic N) is 1. The van der Waals surface area contributed by atoms with Crippen molar-refractivity contribution in [2.75, 3.05) is 13.1 Å². The molecule has 1 aromatic carbocycles. The molecule has 1 amide bonds. The Morgan fingerprint density at radius 1 is 1.05 bits per heavy atom. The molecule has 5 nitrogen and oxygen atoms in total. The van der Waals surface area contributed by atoms with Crippen molar-refractivity contribution in [3.63, 3.8) is 0 Å². The van der Waals surface area contributed by atoms with Gasteiger partial charge in [0.2, 0.25) is 10.0 Å². The van der Waals surface area contributed by atoms with Crippen molar-refractivity contribution in [3.05, 3.63) is 29.8 Å². The molecule has 2 aliphatic rings. The van der Waals surface area contributed by atoms with Gasteiger partial charge in [-0.25, -0.2) is 13.1 Å². The number of amides is 1. The summed E-state index contributed by atoms with van der Waals surface area (Å²) in [6, 6.07) is 6.34. The van der Waals surface area contributed by atoms with Crippen LogP contribution in [0.25, 0.3) is 0 Å². The Kier molecular flexibility index (Phi) is 3.99. The topological polar surface area (TPSA) is 66.5 Å². The first-order valence-electron chi connectivity index (χ1n) is 7.48. The molecular weight excluding hydrogens is 288 g/mol. The minimum atomic E-state index is -3.44. The molecule has 3 rings (SSSR count). The zero-order chi connectivity index (χ0) is 14.9. The molecule has 1 saturated carbocycles. The molecule has 21 heavy (non-hydrogen) atoms. The Morgan fingerprint density at radius 2 is 1.67 bits per heavy atom. The van der Waals surface area contributed by atoms with Gasteiger partial charge in [0.1, 0.15) is 0 Å². The molecule has 0 aromatic heterocycles. The molecule has 0 atom stereocenters. The zero-order valence-electron chi connectivity index (χ0n) is 11.9. The van der Waals surface area contributed by atoms with E-state index in [2.05, 4.69) is 4.72 Å². The van der Waals surface area contributed by atoms with Gasteiger partial charge in [0, 0.05) is 24.7 Å². The third-order valence-corrected chi connectivity index (χ3v) is 5.49. The highest BCUT2D eigenvalue weighted by molar-refractivity contribution is 7.89. The molecule has 2 fully saturated rings. The highest BCUT2D eigenvalue weighted by Gasteiger charge is 2.28. The lowest BCUT2D eigenvalue weighted by atomic mass is 10.1. The highest BCUT2D eigenvalue weighted by atomic mass is 32.2. The second-order valence-electron chi connectivity index (χ2n) is 5.77. The molecule has 1 aliphatic heterocycles. The maximum absolute atomic E-state index is 12.3. The number of sulfonamides is 1. The van der Waals surface area contributed by atoms with E-state index in [1.165, 1.54) is 18.6 Å². The van der Waals surface area contributed by atoms with E-state index in [9.17, 15) is 13.2 Å². The predicted molar refractivity (Wildman–Crippen MR) is 79.5 cm³/mol. The molecule has 1 aromatic rings. The molecule has 1 aliphatic carbocycles. The summed E-state index contributed by atoms with van der Waals surface area (Å²) in [5.74, 6) is -0.00574. The van der Waals surface area contributed by atoms with Gasteiger partial charge in [0.15, 0.2) is 0 Å². The van der Waals surface area contributed by atoms with Crippen LogP contribution in [0.4, 0.5) is 0 Å². The third kappa shape index (κ3) is 3.44. The lowest BCUT2D eigenvalue weighted by Gasteiger charge is -2.26. The Morgan fingerprint density at radius 3 is 2.24 bits per heavy atom. The molecule has 0 radical (unpaired) electrons. The summed E-state index contributed by atoms with van der Waals surface area (Å²) in [6.45, 7) is 1.59. The summed E-state index contributed by atoms with van der Waals surface area (Å²) >= 11 is 0. The molecule has 0 unspecified atom stereocenters. The number of benzene rings is 1. The van der Waals surface area contributed by atoms with Crippen LogP contribution in [0.2, 0.25) is 0 Å². The number of rotatable bonds is 4. The second-order valence-corrected chi connectivity index (χ2v) is 7.49. The normalized spacial score (nSPS) is 19.5. The second kappa shape index (κ2) is 5.77. The monoisotopic (exact) mass is 308 g/mol. The molecule has 1 saturated heterocycles. The van der Waals surface area contributed by atoms with Gasteiger partial charge >= 0.3 is 0 Å². The fourth-order valence-corrected chi connectivity index (χ4v) is 3.85. The van der Waals surface area contributed by atoms with Crippen LogP contribution in [0, 0.1) is 0 Å². The maximum Gasteiger partial charge on any atom is 0.253 e. The number of nitrogens with one attached hydrogen (secondary N) is 1. The Labute approximate surface area is 125 Å². The van der Waals surface area contributed by atoms with Crippen LogP contribution in [-0.4, -0.2) is 38.4 Å². The smallest absolute Gasteiger partial charge is 0.253 e. The van der Waals surface area contributed by atoms with Crippen molar-refractivity contribution in [1.82, 2.24) is 9.62 Å². The number of hydrogen-bond donors (Lipinski definition) is 1. The van der Waals surface area contributed by atoms with Crippen molar-refractivity contribution < 1.29 is 13.2 Å². The van der Waals surface area contributed by atoms with E-state index in [-0.39, 0.29) is 16.8 Å². The maximum atomic E-state index is 12.3. The Balaban J connectivity index is 1.72. The van der Waals surface area contributed by atoms with E-state index in [1.807, 2.05) is 4.90 Å². The quantitative estimate of drug-likeness (QED) is 0.921. The molecule has 1 heterocycles. The highest BCUT2D eigenvalue weighted by Crippen LogP contribution is 2.22.